The largest absolute Gasteiger partial charge is 0.493 e. The Morgan fingerprint density at radius 2 is 1.97 bits per heavy atom. The molecule has 5 aliphatic heterocycles. The molecule has 7 rings (SSSR count). The van der Waals surface area contributed by atoms with Crippen molar-refractivity contribution in [2.45, 2.75) is 55.8 Å². The third-order valence-electron chi connectivity index (χ3n) is 9.26. The van der Waals surface area contributed by atoms with E-state index >= 15 is 0 Å². The number of methoxy groups -OCH3 is 2. The Morgan fingerprint density at radius 1 is 1.14 bits per heavy atom. The van der Waals surface area contributed by atoms with Crippen LogP contribution in [0, 0.1) is 11.8 Å². The second-order valence-corrected chi connectivity index (χ2v) is 10.0. The van der Waals surface area contributed by atoms with E-state index in [9.17, 15) is 0 Å². The van der Waals surface area contributed by atoms with Gasteiger partial charge in [-0.1, -0.05) is 11.6 Å². The molecule has 5 nitrogen and oxygen atoms in total. The fourth-order valence-corrected chi connectivity index (χ4v) is 8.35. The van der Waals surface area contributed by atoms with Gasteiger partial charge >= 0.3 is 0 Å². The SMILES string of the molecule is COc1cc2c(cc1OC)[C@@]13CCN4CC5=CCO[C@@H]6C[C@H](C)N2[C@@H]1[C@H]6[C@@H]5C[C@@H]43. The molecule has 4 fully saturated rings. The molecule has 6 aliphatic rings. The van der Waals surface area contributed by atoms with Gasteiger partial charge in [0.25, 0.3) is 0 Å². The molecule has 7 atom stereocenters. The van der Waals surface area contributed by atoms with Crippen molar-refractivity contribution in [1.82, 2.24) is 4.90 Å². The highest BCUT2D eigenvalue weighted by molar-refractivity contribution is 5.73. The molecule has 1 aliphatic carbocycles. The van der Waals surface area contributed by atoms with Gasteiger partial charge in [0.15, 0.2) is 11.5 Å². The van der Waals surface area contributed by atoms with Crippen molar-refractivity contribution >= 4 is 5.69 Å². The van der Waals surface area contributed by atoms with Gasteiger partial charge in [0.1, 0.15) is 0 Å². The minimum atomic E-state index is 0.197. The molecular formula is C24H30N2O3. The van der Waals surface area contributed by atoms with Crippen LogP contribution < -0.4 is 14.4 Å². The molecule has 0 aromatic heterocycles. The fourth-order valence-electron chi connectivity index (χ4n) is 8.35. The molecule has 154 valence electrons. The summed E-state index contributed by atoms with van der Waals surface area (Å²) in [6, 6.07) is 6.22. The summed E-state index contributed by atoms with van der Waals surface area (Å²) in [5.74, 6) is 3.01. The summed E-state index contributed by atoms with van der Waals surface area (Å²) in [6.07, 6.45) is 6.47. The van der Waals surface area contributed by atoms with Crippen molar-refractivity contribution in [1.29, 1.82) is 0 Å². The second kappa shape index (κ2) is 5.50. The van der Waals surface area contributed by atoms with E-state index in [2.05, 4.69) is 34.9 Å². The van der Waals surface area contributed by atoms with Gasteiger partial charge in [-0.2, -0.15) is 0 Å². The van der Waals surface area contributed by atoms with Crippen LogP contribution in [-0.4, -0.2) is 63.0 Å². The van der Waals surface area contributed by atoms with E-state index in [1.807, 2.05) is 0 Å². The molecule has 29 heavy (non-hydrogen) atoms. The van der Waals surface area contributed by atoms with Crippen molar-refractivity contribution in [3.8, 4) is 11.5 Å². The van der Waals surface area contributed by atoms with E-state index in [-0.39, 0.29) is 5.41 Å². The highest BCUT2D eigenvalue weighted by Crippen LogP contribution is 2.67. The van der Waals surface area contributed by atoms with Crippen molar-refractivity contribution in [3.63, 3.8) is 0 Å². The number of anilines is 1. The number of nitrogens with zero attached hydrogens (tertiary/aromatic N) is 2. The van der Waals surface area contributed by atoms with E-state index in [4.69, 9.17) is 14.2 Å². The number of ether oxygens (including phenoxy) is 3. The van der Waals surface area contributed by atoms with Gasteiger partial charge in [0.2, 0.25) is 0 Å². The maximum absolute atomic E-state index is 6.51. The molecule has 1 aromatic rings. The zero-order valence-electron chi connectivity index (χ0n) is 17.6. The van der Waals surface area contributed by atoms with Crippen molar-refractivity contribution in [2.75, 3.05) is 38.8 Å². The normalized spacial score (nSPS) is 43.6. The number of rotatable bonds is 2. The smallest absolute Gasteiger partial charge is 0.162 e. The summed E-state index contributed by atoms with van der Waals surface area (Å²) in [5.41, 5.74) is 4.75. The molecule has 3 saturated heterocycles. The summed E-state index contributed by atoms with van der Waals surface area (Å²) in [5, 5.41) is 0. The quantitative estimate of drug-likeness (QED) is 0.721. The lowest BCUT2D eigenvalue weighted by atomic mass is 9.53. The molecule has 0 unspecified atom stereocenters. The number of piperidine rings is 2. The Bertz CT molecular complexity index is 929. The van der Waals surface area contributed by atoms with Crippen LogP contribution in [0.5, 0.6) is 11.5 Å². The highest BCUT2D eigenvalue weighted by atomic mass is 16.5. The molecule has 0 radical (unpaired) electrons. The first-order valence-electron chi connectivity index (χ1n) is 11.3. The standard InChI is InChI=1S/C24H30N2O3/c1-13-8-20-22-15-9-21-24(5-6-25(21)12-14(15)4-7-29-20)16-10-18(27-2)19(28-3)11-17(16)26(13)23(22)24/h4,10-11,13,15,20-23H,5-9,12H2,1-3H3/t13-,15+,20+,21+,22-,23+,24+/m0/s1. The average molecular weight is 395 g/mol. The van der Waals surface area contributed by atoms with Gasteiger partial charge in [-0.3, -0.25) is 4.90 Å². The lowest BCUT2D eigenvalue weighted by Gasteiger charge is -2.60. The molecular weight excluding hydrogens is 364 g/mol. The monoisotopic (exact) mass is 394 g/mol. The van der Waals surface area contributed by atoms with Crippen LogP contribution in [0.1, 0.15) is 31.7 Å². The first-order valence-corrected chi connectivity index (χ1v) is 11.3. The Labute approximate surface area is 172 Å². The molecule has 0 N–H and O–H groups in total. The maximum atomic E-state index is 6.51. The van der Waals surface area contributed by atoms with E-state index in [0.29, 0.717) is 36.1 Å². The summed E-state index contributed by atoms with van der Waals surface area (Å²) < 4.78 is 18.0. The molecule has 0 amide bonds. The third-order valence-corrected chi connectivity index (χ3v) is 9.26. The van der Waals surface area contributed by atoms with E-state index in [0.717, 1.165) is 31.1 Å². The Kier molecular flexibility index (Phi) is 3.22. The van der Waals surface area contributed by atoms with Crippen LogP contribution in [-0.2, 0) is 10.2 Å². The highest BCUT2D eigenvalue weighted by Gasteiger charge is 2.70. The van der Waals surface area contributed by atoms with Crippen molar-refractivity contribution < 1.29 is 14.2 Å². The van der Waals surface area contributed by atoms with Crippen molar-refractivity contribution in [3.05, 3.63) is 29.3 Å². The zero-order valence-corrected chi connectivity index (χ0v) is 17.6. The van der Waals surface area contributed by atoms with E-state index in [1.165, 1.54) is 30.6 Å². The van der Waals surface area contributed by atoms with Gasteiger partial charge in [-0.05, 0) is 50.3 Å². The third kappa shape index (κ3) is 1.82. The number of hydrogen-bond donors (Lipinski definition) is 0. The summed E-state index contributed by atoms with van der Waals surface area (Å²) in [7, 11) is 3.51. The lowest BCUT2D eigenvalue weighted by Crippen LogP contribution is -2.69. The Hall–Kier alpha value is -1.72. The predicted molar refractivity (Wildman–Crippen MR) is 111 cm³/mol. The second-order valence-electron chi connectivity index (χ2n) is 10.0. The van der Waals surface area contributed by atoms with Gasteiger partial charge in [0, 0.05) is 47.8 Å². The number of benzene rings is 1. The van der Waals surface area contributed by atoms with Gasteiger partial charge < -0.3 is 19.1 Å². The molecule has 1 aromatic carbocycles. The Balaban J connectivity index is 1.51. The van der Waals surface area contributed by atoms with Crippen LogP contribution in [0.25, 0.3) is 0 Å². The van der Waals surface area contributed by atoms with Gasteiger partial charge in [-0.25, -0.2) is 0 Å². The van der Waals surface area contributed by atoms with Crippen molar-refractivity contribution in [2.24, 2.45) is 11.8 Å². The predicted octanol–water partition coefficient (Wildman–Crippen LogP) is 2.97. The minimum absolute atomic E-state index is 0.197. The minimum Gasteiger partial charge on any atom is -0.493 e. The van der Waals surface area contributed by atoms with Gasteiger partial charge in [-0.15, -0.1) is 0 Å². The lowest BCUT2D eigenvalue weighted by molar-refractivity contribution is -0.0641. The summed E-state index contributed by atoms with van der Waals surface area (Å²) in [6.45, 7) is 5.55. The first-order chi connectivity index (χ1) is 14.2. The van der Waals surface area contributed by atoms with Crippen LogP contribution in [0.15, 0.2) is 23.8 Å². The number of fused-ring (bicyclic) bond motifs is 2. The van der Waals surface area contributed by atoms with E-state index in [1.54, 1.807) is 19.8 Å². The van der Waals surface area contributed by atoms with Gasteiger partial charge in [0.05, 0.1) is 26.9 Å². The summed E-state index contributed by atoms with van der Waals surface area (Å²) in [4.78, 5) is 5.56. The molecule has 1 spiro atoms. The first kappa shape index (κ1) is 17.0. The number of hydrogen-bond acceptors (Lipinski definition) is 5. The Morgan fingerprint density at radius 3 is 2.79 bits per heavy atom. The van der Waals surface area contributed by atoms with Crippen LogP contribution in [0.3, 0.4) is 0 Å². The molecule has 5 heterocycles. The topological polar surface area (TPSA) is 34.2 Å². The molecule has 1 saturated carbocycles. The van der Waals surface area contributed by atoms with Crippen LogP contribution >= 0.6 is 0 Å². The fraction of sp³-hybridized carbons (Fsp3) is 0.667. The maximum Gasteiger partial charge on any atom is 0.162 e. The van der Waals surface area contributed by atoms with E-state index < -0.39 is 0 Å². The zero-order chi connectivity index (χ0) is 19.5. The van der Waals surface area contributed by atoms with Crippen LogP contribution in [0.2, 0.25) is 0 Å². The van der Waals surface area contributed by atoms with Crippen LogP contribution in [0.4, 0.5) is 5.69 Å². The molecule has 5 heteroatoms. The average Bonchev–Trinajstić information content (AvgIpc) is 3.20. The summed E-state index contributed by atoms with van der Waals surface area (Å²) >= 11 is 0. The molecule has 2 bridgehead atoms.